The maximum Gasteiger partial charge on any atom is 0.0172 e. The van der Waals surface area contributed by atoms with Crippen LogP contribution in [0.4, 0.5) is 0 Å². The Morgan fingerprint density at radius 2 is 2.36 bits per heavy atom. The van der Waals surface area contributed by atoms with Crippen LogP contribution in [0.25, 0.3) is 0 Å². The number of thioether (sulfide) groups is 1. The normalized spacial score (nSPS) is 26.4. The Hall–Kier alpha value is 0.270. The van der Waals surface area contributed by atoms with Gasteiger partial charge in [0.15, 0.2) is 0 Å². The van der Waals surface area contributed by atoms with Gasteiger partial charge in [0.1, 0.15) is 0 Å². The molecule has 1 N–H and O–H groups in total. The highest BCUT2D eigenvalue weighted by Gasteiger charge is 2.19. The van der Waals surface area contributed by atoms with E-state index in [2.05, 4.69) is 35.8 Å². The third kappa shape index (κ3) is 4.20. The molecule has 1 aliphatic heterocycles. The van der Waals surface area contributed by atoms with E-state index in [1.807, 2.05) is 7.05 Å². The van der Waals surface area contributed by atoms with Crippen molar-refractivity contribution in [1.29, 1.82) is 0 Å². The number of hydrogen-bond acceptors (Lipinski definition) is 3. The monoisotopic (exact) mass is 216 g/mol. The Kier molecular flexibility index (Phi) is 5.90. The first-order valence-electron chi connectivity index (χ1n) is 5.74. The fourth-order valence-corrected chi connectivity index (χ4v) is 3.30. The molecule has 2 atom stereocenters. The summed E-state index contributed by atoms with van der Waals surface area (Å²) in [5, 5.41) is 4.13. The van der Waals surface area contributed by atoms with Crippen LogP contribution >= 0.6 is 11.8 Å². The van der Waals surface area contributed by atoms with Gasteiger partial charge in [0.25, 0.3) is 0 Å². The van der Waals surface area contributed by atoms with Gasteiger partial charge in [-0.15, -0.1) is 0 Å². The molecule has 0 aromatic heterocycles. The minimum Gasteiger partial charge on any atom is -0.319 e. The van der Waals surface area contributed by atoms with E-state index in [1.165, 1.54) is 31.8 Å². The molecule has 0 radical (unpaired) electrons. The summed E-state index contributed by atoms with van der Waals surface area (Å²) in [6, 6.07) is 0. The lowest BCUT2D eigenvalue weighted by Gasteiger charge is -2.33. The number of hydrogen-bond donors (Lipinski definition) is 1. The second-order valence-electron chi connectivity index (χ2n) is 4.32. The molecule has 2 nitrogen and oxygen atoms in total. The minimum absolute atomic E-state index is 0.778. The van der Waals surface area contributed by atoms with E-state index >= 15 is 0 Å². The van der Waals surface area contributed by atoms with E-state index in [0.29, 0.717) is 0 Å². The van der Waals surface area contributed by atoms with Gasteiger partial charge in [-0.3, -0.25) is 0 Å². The van der Waals surface area contributed by atoms with Crippen LogP contribution in [0.1, 0.15) is 20.3 Å². The first-order valence-corrected chi connectivity index (χ1v) is 6.79. The summed E-state index contributed by atoms with van der Waals surface area (Å²) in [5.74, 6) is 2.10. The molecule has 0 aromatic rings. The molecule has 1 aliphatic rings. The largest absolute Gasteiger partial charge is 0.319 e. The van der Waals surface area contributed by atoms with Crippen molar-refractivity contribution in [1.82, 2.24) is 10.2 Å². The summed E-state index contributed by atoms with van der Waals surface area (Å²) in [7, 11) is 2.04. The van der Waals surface area contributed by atoms with Gasteiger partial charge in [0, 0.05) is 30.6 Å². The number of nitrogens with zero attached hydrogens (tertiary/aromatic N) is 1. The predicted octanol–water partition coefficient (Wildman–Crippen LogP) is 1.67. The van der Waals surface area contributed by atoms with Gasteiger partial charge in [0.2, 0.25) is 0 Å². The molecule has 1 fully saturated rings. The van der Waals surface area contributed by atoms with Crippen molar-refractivity contribution in [3.05, 3.63) is 0 Å². The number of rotatable bonds is 5. The van der Waals surface area contributed by atoms with Crippen LogP contribution in [0.15, 0.2) is 0 Å². The lowest BCUT2D eigenvalue weighted by molar-refractivity contribution is 0.242. The molecule has 2 unspecified atom stereocenters. The zero-order chi connectivity index (χ0) is 10.4. The quantitative estimate of drug-likeness (QED) is 0.752. The molecule has 1 rings (SSSR count). The average Bonchev–Trinajstić information content (AvgIpc) is 2.18. The van der Waals surface area contributed by atoms with Gasteiger partial charge >= 0.3 is 0 Å². The van der Waals surface area contributed by atoms with Gasteiger partial charge in [0.05, 0.1) is 0 Å². The van der Waals surface area contributed by atoms with Gasteiger partial charge in [-0.25, -0.2) is 0 Å². The van der Waals surface area contributed by atoms with E-state index in [0.717, 1.165) is 17.7 Å². The molecular weight excluding hydrogens is 192 g/mol. The van der Waals surface area contributed by atoms with Crippen LogP contribution in [-0.2, 0) is 0 Å². The van der Waals surface area contributed by atoms with E-state index in [-0.39, 0.29) is 0 Å². The van der Waals surface area contributed by atoms with E-state index in [1.54, 1.807) is 0 Å². The minimum atomic E-state index is 0.778. The fraction of sp³-hybridized carbons (Fsp3) is 1.00. The van der Waals surface area contributed by atoms with Gasteiger partial charge < -0.3 is 10.2 Å². The highest BCUT2D eigenvalue weighted by Crippen LogP contribution is 2.21. The van der Waals surface area contributed by atoms with E-state index in [4.69, 9.17) is 0 Å². The lowest BCUT2D eigenvalue weighted by Crippen LogP contribution is -2.41. The van der Waals surface area contributed by atoms with Crippen molar-refractivity contribution in [2.75, 3.05) is 39.0 Å². The Balaban J connectivity index is 2.22. The predicted molar refractivity (Wildman–Crippen MR) is 66.1 cm³/mol. The summed E-state index contributed by atoms with van der Waals surface area (Å²) >= 11 is 2.15. The van der Waals surface area contributed by atoms with Crippen LogP contribution in [0.5, 0.6) is 0 Å². The second-order valence-corrected chi connectivity index (χ2v) is 5.73. The van der Waals surface area contributed by atoms with Crippen LogP contribution in [-0.4, -0.2) is 49.1 Å². The van der Waals surface area contributed by atoms with Crippen LogP contribution in [0.3, 0.4) is 0 Å². The molecule has 84 valence electrons. The smallest absolute Gasteiger partial charge is 0.0172 e. The van der Waals surface area contributed by atoms with Crippen molar-refractivity contribution in [2.45, 2.75) is 25.5 Å². The first-order chi connectivity index (χ1) is 6.76. The average molecular weight is 216 g/mol. The molecule has 0 aliphatic carbocycles. The molecule has 0 spiro atoms. The van der Waals surface area contributed by atoms with Gasteiger partial charge in [-0.1, -0.05) is 13.8 Å². The molecular formula is C11H24N2S. The van der Waals surface area contributed by atoms with Crippen LogP contribution < -0.4 is 5.32 Å². The van der Waals surface area contributed by atoms with Gasteiger partial charge in [-0.05, 0) is 25.9 Å². The second kappa shape index (κ2) is 6.70. The Morgan fingerprint density at radius 1 is 1.57 bits per heavy atom. The van der Waals surface area contributed by atoms with Crippen molar-refractivity contribution < 1.29 is 0 Å². The van der Waals surface area contributed by atoms with Crippen molar-refractivity contribution in [2.24, 2.45) is 5.92 Å². The third-order valence-corrected chi connectivity index (χ3v) is 4.17. The molecule has 0 amide bonds. The highest BCUT2D eigenvalue weighted by molar-refractivity contribution is 8.00. The van der Waals surface area contributed by atoms with Crippen LogP contribution in [0.2, 0.25) is 0 Å². The SMILES string of the molecule is CCC1CN(CC(C)CNC)CCS1. The summed E-state index contributed by atoms with van der Waals surface area (Å²) in [6.07, 6.45) is 1.32. The Morgan fingerprint density at radius 3 is 3.00 bits per heavy atom. The summed E-state index contributed by atoms with van der Waals surface area (Å²) in [5.41, 5.74) is 0. The maximum absolute atomic E-state index is 3.25. The molecule has 0 saturated carbocycles. The molecule has 0 bridgehead atoms. The van der Waals surface area contributed by atoms with Crippen molar-refractivity contribution in [3.8, 4) is 0 Å². The maximum atomic E-state index is 3.25. The molecule has 1 heterocycles. The highest BCUT2D eigenvalue weighted by atomic mass is 32.2. The Bertz CT molecular complexity index is 152. The summed E-state index contributed by atoms with van der Waals surface area (Å²) < 4.78 is 0. The Labute approximate surface area is 92.8 Å². The summed E-state index contributed by atoms with van der Waals surface area (Å²) in [6.45, 7) is 9.63. The molecule has 0 aromatic carbocycles. The van der Waals surface area contributed by atoms with E-state index in [9.17, 15) is 0 Å². The number of nitrogens with one attached hydrogen (secondary N) is 1. The molecule has 14 heavy (non-hydrogen) atoms. The zero-order valence-electron chi connectivity index (χ0n) is 9.75. The van der Waals surface area contributed by atoms with Crippen molar-refractivity contribution in [3.63, 3.8) is 0 Å². The lowest BCUT2D eigenvalue weighted by atomic mass is 10.1. The standard InChI is InChI=1S/C11H24N2S/c1-4-11-9-13(5-6-14-11)8-10(2)7-12-3/h10-12H,4-9H2,1-3H3. The molecule has 1 saturated heterocycles. The van der Waals surface area contributed by atoms with Crippen molar-refractivity contribution >= 4 is 11.8 Å². The summed E-state index contributed by atoms with van der Waals surface area (Å²) in [4.78, 5) is 2.63. The zero-order valence-corrected chi connectivity index (χ0v) is 10.6. The van der Waals surface area contributed by atoms with Gasteiger partial charge in [-0.2, -0.15) is 11.8 Å². The third-order valence-electron chi connectivity index (χ3n) is 2.80. The molecule has 3 heteroatoms. The first kappa shape index (κ1) is 12.3. The van der Waals surface area contributed by atoms with Crippen LogP contribution in [0, 0.1) is 5.92 Å². The fourth-order valence-electron chi connectivity index (χ4n) is 2.05. The van der Waals surface area contributed by atoms with E-state index < -0.39 is 0 Å². The topological polar surface area (TPSA) is 15.3 Å².